The van der Waals surface area contributed by atoms with Crippen LogP contribution in [0.25, 0.3) is 21.8 Å². The van der Waals surface area contributed by atoms with Crippen molar-refractivity contribution in [2.75, 3.05) is 43.0 Å². The molecule has 6 rings (SSSR count). The predicted octanol–water partition coefficient (Wildman–Crippen LogP) is 3.08. The first-order valence-corrected chi connectivity index (χ1v) is 13.4. The number of aromatic nitrogens is 4. The van der Waals surface area contributed by atoms with Crippen molar-refractivity contribution in [3.8, 4) is 6.01 Å². The minimum Gasteiger partial charge on any atom is -0.463 e. The van der Waals surface area contributed by atoms with Crippen molar-refractivity contribution < 1.29 is 13.9 Å². The number of hydrogen-bond donors (Lipinski definition) is 3. The molecule has 1 amide bonds. The predicted molar refractivity (Wildman–Crippen MR) is 149 cm³/mol. The second-order valence-corrected chi connectivity index (χ2v) is 10.7. The Balaban J connectivity index is 1.36. The van der Waals surface area contributed by atoms with E-state index in [0.717, 1.165) is 43.7 Å². The zero-order valence-electron chi connectivity index (χ0n) is 22.4. The van der Waals surface area contributed by atoms with Gasteiger partial charge in [-0.05, 0) is 51.1 Å². The molecule has 0 unspecified atom stereocenters. The highest BCUT2D eigenvalue weighted by atomic mass is 19.1. The van der Waals surface area contributed by atoms with E-state index in [1.807, 2.05) is 6.07 Å². The number of piperazine rings is 1. The highest BCUT2D eigenvalue weighted by Crippen LogP contribution is 2.31. The molecule has 2 saturated heterocycles. The molecule has 2 aliphatic rings. The second kappa shape index (κ2) is 10.4. The van der Waals surface area contributed by atoms with Crippen molar-refractivity contribution in [3.63, 3.8) is 0 Å². The van der Waals surface area contributed by atoms with Crippen LogP contribution in [0.4, 0.5) is 15.8 Å². The van der Waals surface area contributed by atoms with Crippen LogP contribution in [-0.4, -0.2) is 70.5 Å². The molecule has 0 aliphatic carbocycles. The van der Waals surface area contributed by atoms with E-state index in [0.29, 0.717) is 46.8 Å². The second-order valence-electron chi connectivity index (χ2n) is 10.7. The minimum absolute atomic E-state index is 0.241. The van der Waals surface area contributed by atoms with Gasteiger partial charge >= 0.3 is 6.01 Å². The zero-order valence-corrected chi connectivity index (χ0v) is 22.4. The number of amides is 1. The molecule has 4 aromatic rings. The lowest BCUT2D eigenvalue weighted by molar-refractivity contribution is 0.102. The molecule has 0 radical (unpaired) electrons. The van der Waals surface area contributed by atoms with E-state index in [1.165, 1.54) is 6.07 Å². The maximum Gasteiger partial charge on any atom is 0.316 e. The fraction of sp³-hybridized carbons (Fsp3) is 0.429. The SMILES string of the molecule is C[C@@H]1CN(c2ccc(C(=O)Nc3cc(F)c4nn(C)cc4c3)c3nc(OC[C@H]4CCNC4)ncc23)C[C@@H](C)N1. The van der Waals surface area contributed by atoms with Crippen LogP contribution in [0.2, 0.25) is 0 Å². The maximum absolute atomic E-state index is 14.7. The van der Waals surface area contributed by atoms with Gasteiger partial charge in [0.1, 0.15) is 5.52 Å². The number of nitrogens with one attached hydrogen (secondary N) is 3. The summed E-state index contributed by atoms with van der Waals surface area (Å²) in [5.74, 6) is -0.481. The Labute approximate surface area is 225 Å². The first-order valence-electron chi connectivity index (χ1n) is 13.4. The van der Waals surface area contributed by atoms with Crippen LogP contribution in [0.1, 0.15) is 30.6 Å². The van der Waals surface area contributed by atoms with Crippen LogP contribution >= 0.6 is 0 Å². The monoisotopic (exact) mass is 532 g/mol. The van der Waals surface area contributed by atoms with Crippen LogP contribution in [0, 0.1) is 11.7 Å². The van der Waals surface area contributed by atoms with Gasteiger partial charge < -0.3 is 25.6 Å². The third-order valence-corrected chi connectivity index (χ3v) is 7.39. The van der Waals surface area contributed by atoms with Crippen molar-refractivity contribution >= 4 is 39.1 Å². The quantitative estimate of drug-likeness (QED) is 0.348. The van der Waals surface area contributed by atoms with Gasteiger partial charge in [0.2, 0.25) is 0 Å². The molecule has 2 fully saturated rings. The van der Waals surface area contributed by atoms with E-state index < -0.39 is 5.82 Å². The number of aryl methyl sites for hydroxylation is 1. The van der Waals surface area contributed by atoms with E-state index in [2.05, 4.69) is 44.8 Å². The summed E-state index contributed by atoms with van der Waals surface area (Å²) in [4.78, 5) is 25.1. The molecular formula is C28H33FN8O2. The maximum atomic E-state index is 14.7. The smallest absolute Gasteiger partial charge is 0.316 e. The summed E-state index contributed by atoms with van der Waals surface area (Å²) in [5.41, 5.74) is 2.44. The zero-order chi connectivity index (χ0) is 27.1. The van der Waals surface area contributed by atoms with Crippen LogP contribution in [0.15, 0.2) is 36.7 Å². The number of carbonyl (C=O) groups is 1. The van der Waals surface area contributed by atoms with Gasteiger partial charge in [0.05, 0.1) is 17.7 Å². The van der Waals surface area contributed by atoms with Crippen LogP contribution in [0.5, 0.6) is 6.01 Å². The third-order valence-electron chi connectivity index (χ3n) is 7.39. The number of halogens is 1. The number of anilines is 2. The molecule has 0 bridgehead atoms. The van der Waals surface area contributed by atoms with Gasteiger partial charge in [-0.3, -0.25) is 9.48 Å². The minimum atomic E-state index is -0.495. The van der Waals surface area contributed by atoms with E-state index >= 15 is 0 Å². The summed E-state index contributed by atoms with van der Waals surface area (Å²) >= 11 is 0. The molecule has 2 aromatic carbocycles. The lowest BCUT2D eigenvalue weighted by Crippen LogP contribution is -2.54. The summed E-state index contributed by atoms with van der Waals surface area (Å²) in [5, 5.41) is 15.3. The van der Waals surface area contributed by atoms with Gasteiger partial charge in [0, 0.05) is 79.2 Å². The Hall–Kier alpha value is -3.83. The first-order chi connectivity index (χ1) is 18.8. The Morgan fingerprint density at radius 1 is 1.21 bits per heavy atom. The van der Waals surface area contributed by atoms with Crippen molar-refractivity contribution in [2.24, 2.45) is 13.0 Å². The van der Waals surface area contributed by atoms with Crippen LogP contribution in [0.3, 0.4) is 0 Å². The Kier molecular flexibility index (Phi) is 6.78. The largest absolute Gasteiger partial charge is 0.463 e. The van der Waals surface area contributed by atoms with Crippen molar-refractivity contribution in [3.05, 3.63) is 48.0 Å². The Morgan fingerprint density at radius 3 is 2.79 bits per heavy atom. The molecule has 4 heterocycles. The van der Waals surface area contributed by atoms with Crippen LogP contribution < -0.4 is 25.6 Å². The molecular weight excluding hydrogens is 499 g/mol. The fourth-order valence-electron chi connectivity index (χ4n) is 5.67. The summed E-state index contributed by atoms with van der Waals surface area (Å²) in [6, 6.07) is 7.59. The van der Waals surface area contributed by atoms with Gasteiger partial charge in [-0.25, -0.2) is 9.37 Å². The highest BCUT2D eigenvalue weighted by Gasteiger charge is 2.25. The number of carbonyl (C=O) groups excluding carboxylic acids is 1. The molecule has 10 nitrogen and oxygen atoms in total. The summed E-state index contributed by atoms with van der Waals surface area (Å²) in [6.07, 6.45) is 4.50. The topological polar surface area (TPSA) is 109 Å². The summed E-state index contributed by atoms with van der Waals surface area (Å²) in [7, 11) is 1.73. The van der Waals surface area contributed by atoms with Gasteiger partial charge in [-0.1, -0.05) is 0 Å². The van der Waals surface area contributed by atoms with E-state index in [-0.39, 0.29) is 17.4 Å². The van der Waals surface area contributed by atoms with Crippen molar-refractivity contribution in [1.82, 2.24) is 30.4 Å². The standard InChI is InChI=1S/C28H33FN8O2/c1-16-12-37(13-17(2)32-16)24-5-4-21(26-22(24)11-31-28(34-26)39-15-18-6-7-30-10-18)27(38)33-20-8-19-14-36(3)35-25(19)23(29)9-20/h4-5,8-9,11,14,16-18,30,32H,6-7,10,12-13,15H2,1-3H3,(H,33,38)/t16-,17-,18+/m1/s1. The lowest BCUT2D eigenvalue weighted by Gasteiger charge is -2.38. The molecule has 0 saturated carbocycles. The number of hydrogen-bond acceptors (Lipinski definition) is 8. The van der Waals surface area contributed by atoms with Gasteiger partial charge in [0.15, 0.2) is 5.82 Å². The third kappa shape index (κ3) is 5.24. The molecule has 3 N–H and O–H groups in total. The average Bonchev–Trinajstić information content (AvgIpc) is 3.55. The van der Waals surface area contributed by atoms with Crippen molar-refractivity contribution in [1.29, 1.82) is 0 Å². The number of nitrogens with zero attached hydrogens (tertiary/aromatic N) is 5. The molecule has 2 aromatic heterocycles. The molecule has 2 aliphatic heterocycles. The van der Waals surface area contributed by atoms with E-state index in [4.69, 9.17) is 9.72 Å². The molecule has 0 spiro atoms. The number of rotatable bonds is 6. The van der Waals surface area contributed by atoms with E-state index in [9.17, 15) is 9.18 Å². The first kappa shape index (κ1) is 25.4. The van der Waals surface area contributed by atoms with Crippen LogP contribution in [-0.2, 0) is 7.05 Å². The van der Waals surface area contributed by atoms with Gasteiger partial charge in [0.25, 0.3) is 5.91 Å². The van der Waals surface area contributed by atoms with Crippen molar-refractivity contribution in [2.45, 2.75) is 32.4 Å². The molecule has 204 valence electrons. The normalized spacial score (nSPS) is 21.5. The number of benzene rings is 2. The molecule has 3 atom stereocenters. The fourth-order valence-corrected chi connectivity index (χ4v) is 5.67. The van der Waals surface area contributed by atoms with E-state index in [1.54, 1.807) is 36.3 Å². The number of fused-ring (bicyclic) bond motifs is 2. The molecule has 11 heteroatoms. The molecule has 39 heavy (non-hydrogen) atoms. The summed E-state index contributed by atoms with van der Waals surface area (Å²) in [6.45, 7) is 8.35. The Morgan fingerprint density at radius 2 is 2.03 bits per heavy atom. The Bertz CT molecular complexity index is 1520. The number of ether oxygens (including phenoxy) is 1. The van der Waals surface area contributed by atoms with Gasteiger partial charge in [-0.15, -0.1) is 0 Å². The average molecular weight is 533 g/mol. The lowest BCUT2D eigenvalue weighted by atomic mass is 10.0. The highest BCUT2D eigenvalue weighted by molar-refractivity contribution is 6.14. The van der Waals surface area contributed by atoms with Gasteiger partial charge in [-0.2, -0.15) is 10.1 Å². The summed E-state index contributed by atoms with van der Waals surface area (Å²) < 4.78 is 22.2.